The number of hydrogen-bond donors (Lipinski definition) is 5. The first-order chi connectivity index (χ1) is 28.4. The quantitative estimate of drug-likeness (QED) is 0.0648. The second-order valence-corrected chi connectivity index (χ2v) is 13.9. The number of nitrogens with one attached hydrogen (secondary N) is 4. The minimum Gasteiger partial charge on any atom is -0.477 e. The number of halogens is 4. The van der Waals surface area contributed by atoms with Crippen molar-refractivity contribution in [2.45, 2.75) is 38.4 Å². The van der Waals surface area contributed by atoms with Gasteiger partial charge in [0.25, 0.3) is 5.91 Å². The van der Waals surface area contributed by atoms with E-state index in [4.69, 9.17) is 16.3 Å². The highest BCUT2D eigenvalue weighted by Crippen LogP contribution is 2.48. The molecule has 1 aliphatic rings. The molecule has 5 N–H and O–H groups in total. The number of carboxylic acid groups (broad SMARTS) is 1. The molecule has 0 saturated heterocycles. The third-order valence-corrected chi connectivity index (χ3v) is 9.01. The number of benzene rings is 3. The Morgan fingerprint density at radius 1 is 0.850 bits per heavy atom. The molecule has 2 aromatic heterocycles. The van der Waals surface area contributed by atoms with Crippen molar-refractivity contribution in [2.75, 3.05) is 41.0 Å². The summed E-state index contributed by atoms with van der Waals surface area (Å²) in [5.41, 5.74) is 2.31. The first-order valence-electron chi connectivity index (χ1n) is 17.9. The van der Waals surface area contributed by atoms with Crippen LogP contribution in [0.3, 0.4) is 0 Å². The molecule has 0 spiro atoms. The van der Waals surface area contributed by atoms with Crippen LogP contribution in [0, 0.1) is 13.8 Å². The van der Waals surface area contributed by atoms with Gasteiger partial charge in [0.1, 0.15) is 5.71 Å². The molecule has 6 rings (SSSR count). The molecule has 0 unspecified atom stereocenters. The number of amides is 3. The van der Waals surface area contributed by atoms with Crippen molar-refractivity contribution >= 4 is 75.9 Å². The number of carboxylic acids is 1. The maximum absolute atomic E-state index is 13.0. The lowest BCUT2D eigenvalue weighted by atomic mass is 10.1. The highest BCUT2D eigenvalue weighted by molar-refractivity contribution is 6.42. The first kappa shape index (κ1) is 42.4. The topological polar surface area (TPSA) is 226 Å². The summed E-state index contributed by atoms with van der Waals surface area (Å²) < 4.78 is 43.7. The third-order valence-electron chi connectivity index (χ3n) is 8.75. The molecule has 17 nitrogen and oxygen atoms in total. The summed E-state index contributed by atoms with van der Waals surface area (Å²) >= 11 is 6.03. The molecule has 1 saturated carbocycles. The van der Waals surface area contributed by atoms with Gasteiger partial charge in [0.05, 0.1) is 12.1 Å². The summed E-state index contributed by atoms with van der Waals surface area (Å²) in [7, 11) is 1.77. The van der Waals surface area contributed by atoms with Crippen LogP contribution in [0.25, 0.3) is 0 Å². The lowest BCUT2D eigenvalue weighted by Gasteiger charge is -2.19. The van der Waals surface area contributed by atoms with Crippen LogP contribution < -0.4 is 30.9 Å². The van der Waals surface area contributed by atoms with E-state index in [9.17, 15) is 37.5 Å². The van der Waals surface area contributed by atoms with Gasteiger partial charge in [-0.3, -0.25) is 14.4 Å². The van der Waals surface area contributed by atoms with Gasteiger partial charge in [0.15, 0.2) is 6.61 Å². The van der Waals surface area contributed by atoms with Crippen molar-refractivity contribution in [3.05, 3.63) is 106 Å². The molecule has 2 heterocycles. The maximum atomic E-state index is 13.0. The highest BCUT2D eigenvalue weighted by atomic mass is 35.5. The Morgan fingerprint density at radius 3 is 2.07 bits per heavy atom. The minimum atomic E-state index is -4.66. The van der Waals surface area contributed by atoms with Gasteiger partial charge in [-0.1, -0.05) is 23.7 Å². The van der Waals surface area contributed by atoms with Crippen LogP contribution in [0.4, 0.5) is 48.1 Å². The van der Waals surface area contributed by atoms with Crippen molar-refractivity contribution in [1.29, 1.82) is 0 Å². The standard InChI is InChI=1S/C39H35ClF3N11O6/c1-21-18-22(2)46-36(45-21)54(3)28-14-12-26(13-15-28)47-32(57)31(56)44-19-29(33(58)59)49-30(55)23-4-10-27(11-5-23)48-34-50-35(52-37(51-34)60-20-39(41,42)43)53-38(16-17-38)24-6-8-25(40)9-7-24/h4-15,18H,16-17,19-20H2,1-3H3,(H,44,56)(H,47,57)(H,58,59)(H2,48,50,51,52,53)/b49-29-. The van der Waals surface area contributed by atoms with Gasteiger partial charge in [-0.25, -0.2) is 19.8 Å². The van der Waals surface area contributed by atoms with Gasteiger partial charge in [-0.05, 0) is 99.0 Å². The van der Waals surface area contributed by atoms with Gasteiger partial charge in [-0.15, -0.1) is 0 Å². The fourth-order valence-electron chi connectivity index (χ4n) is 5.62. The Morgan fingerprint density at radius 2 is 1.47 bits per heavy atom. The summed E-state index contributed by atoms with van der Waals surface area (Å²) in [6.45, 7) is 1.29. The molecule has 0 bridgehead atoms. The number of ether oxygens (including phenoxy) is 1. The fourth-order valence-corrected chi connectivity index (χ4v) is 5.75. The van der Waals surface area contributed by atoms with Crippen molar-refractivity contribution in [3.8, 4) is 6.01 Å². The van der Waals surface area contributed by atoms with E-state index >= 15 is 0 Å². The van der Waals surface area contributed by atoms with E-state index < -0.39 is 60.3 Å². The number of carbonyl (C=O) groups is 4. The van der Waals surface area contributed by atoms with Crippen LogP contribution in [0.15, 0.2) is 83.9 Å². The number of nitrogens with zero attached hydrogens (tertiary/aromatic N) is 7. The first-order valence-corrected chi connectivity index (χ1v) is 18.3. The average Bonchev–Trinajstić information content (AvgIpc) is 3.98. The zero-order valence-electron chi connectivity index (χ0n) is 32.0. The summed E-state index contributed by atoms with van der Waals surface area (Å²) in [6.07, 6.45) is -3.29. The Balaban J connectivity index is 1.07. The van der Waals surface area contributed by atoms with E-state index in [1.54, 1.807) is 48.3 Å². The van der Waals surface area contributed by atoms with Crippen LogP contribution in [0.5, 0.6) is 6.01 Å². The number of aliphatic imine (C=N–C) groups is 1. The predicted octanol–water partition coefficient (Wildman–Crippen LogP) is 5.91. The van der Waals surface area contributed by atoms with Gasteiger partial charge < -0.3 is 36.0 Å². The van der Waals surface area contributed by atoms with Gasteiger partial charge in [-0.2, -0.15) is 28.1 Å². The molecular formula is C39H35ClF3N11O6. The second-order valence-electron chi connectivity index (χ2n) is 13.4. The molecule has 60 heavy (non-hydrogen) atoms. The normalized spacial score (nSPS) is 13.2. The Kier molecular flexibility index (Phi) is 12.5. The van der Waals surface area contributed by atoms with E-state index in [-0.39, 0.29) is 28.8 Å². The minimum absolute atomic E-state index is 0.0626. The number of carbonyl (C=O) groups excluding carboxylic acids is 3. The maximum Gasteiger partial charge on any atom is 0.422 e. The van der Waals surface area contributed by atoms with Crippen LogP contribution in [-0.4, -0.2) is 85.8 Å². The summed E-state index contributed by atoms with van der Waals surface area (Å²) in [6, 6.07) is 20.1. The highest BCUT2D eigenvalue weighted by Gasteiger charge is 2.45. The van der Waals surface area contributed by atoms with Crippen molar-refractivity contribution < 1.29 is 42.2 Å². The van der Waals surface area contributed by atoms with Crippen molar-refractivity contribution in [3.63, 3.8) is 0 Å². The van der Waals surface area contributed by atoms with Crippen LogP contribution in [-0.2, 0) is 19.9 Å². The lowest BCUT2D eigenvalue weighted by Crippen LogP contribution is -2.40. The molecule has 0 aliphatic heterocycles. The Labute approximate surface area is 344 Å². The van der Waals surface area contributed by atoms with Crippen LogP contribution >= 0.6 is 11.6 Å². The van der Waals surface area contributed by atoms with E-state index in [0.717, 1.165) is 17.0 Å². The molecule has 3 aromatic carbocycles. The molecule has 310 valence electrons. The monoisotopic (exact) mass is 845 g/mol. The molecule has 3 amide bonds. The summed E-state index contributed by atoms with van der Waals surface area (Å²) in [4.78, 5) is 76.4. The lowest BCUT2D eigenvalue weighted by molar-refractivity contribution is -0.154. The second kappa shape index (κ2) is 17.7. The molecule has 1 fully saturated rings. The summed E-state index contributed by atoms with van der Waals surface area (Å²) in [5, 5.41) is 20.7. The van der Waals surface area contributed by atoms with E-state index in [1.807, 2.05) is 32.0 Å². The molecule has 5 aromatic rings. The number of anilines is 6. The molecular weight excluding hydrogens is 811 g/mol. The summed E-state index contributed by atoms with van der Waals surface area (Å²) in [5.74, 6) is -4.66. The van der Waals surface area contributed by atoms with E-state index in [2.05, 4.69) is 51.2 Å². The fraction of sp³-hybridized carbons (Fsp3) is 0.231. The Hall–Kier alpha value is -7.22. The largest absolute Gasteiger partial charge is 0.477 e. The molecule has 21 heteroatoms. The van der Waals surface area contributed by atoms with Crippen LogP contribution in [0.2, 0.25) is 5.02 Å². The average molecular weight is 846 g/mol. The van der Waals surface area contributed by atoms with Gasteiger partial charge in [0.2, 0.25) is 17.8 Å². The predicted molar refractivity (Wildman–Crippen MR) is 214 cm³/mol. The molecule has 0 atom stereocenters. The zero-order chi connectivity index (χ0) is 43.2. The van der Waals surface area contributed by atoms with Crippen molar-refractivity contribution in [2.24, 2.45) is 4.99 Å². The number of aromatic nitrogens is 5. The third kappa shape index (κ3) is 11.2. The number of aryl methyl sites for hydroxylation is 2. The molecule has 1 aliphatic carbocycles. The van der Waals surface area contributed by atoms with Gasteiger partial charge >= 0.3 is 30.0 Å². The number of hydrogen-bond acceptors (Lipinski definition) is 13. The van der Waals surface area contributed by atoms with E-state index in [0.29, 0.717) is 29.5 Å². The van der Waals surface area contributed by atoms with Crippen molar-refractivity contribution in [1.82, 2.24) is 30.2 Å². The zero-order valence-corrected chi connectivity index (χ0v) is 32.7. The van der Waals surface area contributed by atoms with Gasteiger partial charge in [0, 0.05) is 46.1 Å². The Bertz CT molecular complexity index is 2430. The SMILES string of the molecule is Cc1cc(C)nc(N(C)c2ccc(NC(=O)C(=O)NC/C(=N/C(=O)c3ccc(Nc4nc(NC5(c6ccc(Cl)cc6)CC5)nc(OCC(F)(F)F)n4)cc3)C(=O)O)cc2)n1. The number of aliphatic carboxylic acids is 1. The smallest absolute Gasteiger partial charge is 0.422 e. The number of alkyl halides is 3. The van der Waals surface area contributed by atoms with E-state index in [1.165, 1.54) is 24.3 Å². The van der Waals surface area contributed by atoms with Crippen LogP contribution in [0.1, 0.15) is 40.2 Å². The number of rotatable bonds is 14. The molecule has 0 radical (unpaired) electrons.